The van der Waals surface area contributed by atoms with Crippen molar-refractivity contribution >= 4 is 5.91 Å². The third-order valence-corrected chi connectivity index (χ3v) is 5.36. The lowest BCUT2D eigenvalue weighted by atomic mass is 9.87. The third kappa shape index (κ3) is 3.65. The number of fused-ring (bicyclic) bond motifs is 1. The van der Waals surface area contributed by atoms with Gasteiger partial charge < -0.3 is 14.6 Å². The zero-order valence-corrected chi connectivity index (χ0v) is 16.2. The Morgan fingerprint density at radius 2 is 1.96 bits per heavy atom. The maximum atomic E-state index is 13.0. The van der Waals surface area contributed by atoms with Gasteiger partial charge in [-0.3, -0.25) is 4.79 Å². The fourth-order valence-electron chi connectivity index (χ4n) is 3.78. The van der Waals surface area contributed by atoms with Gasteiger partial charge in [-0.15, -0.1) is 0 Å². The van der Waals surface area contributed by atoms with Gasteiger partial charge in [0.15, 0.2) is 0 Å². The van der Waals surface area contributed by atoms with Crippen LogP contribution in [0, 0.1) is 13.8 Å². The Bertz CT molecular complexity index is 974. The zero-order valence-electron chi connectivity index (χ0n) is 16.2. The number of para-hydroxylation sites is 1. The van der Waals surface area contributed by atoms with Gasteiger partial charge >= 0.3 is 0 Å². The molecule has 3 aromatic rings. The number of aromatic nitrogens is 1. The topological polar surface area (TPSA) is 64.4 Å². The number of carbonyl (C=O) groups is 1. The van der Waals surface area contributed by atoms with Crippen molar-refractivity contribution in [3.63, 3.8) is 0 Å². The van der Waals surface area contributed by atoms with E-state index in [-0.39, 0.29) is 11.9 Å². The minimum absolute atomic E-state index is 0.0352. The molecule has 0 fully saturated rings. The molecule has 0 saturated carbocycles. The molecular weight excluding hydrogens is 352 g/mol. The molecule has 1 N–H and O–H groups in total. The Balaban J connectivity index is 1.51. The van der Waals surface area contributed by atoms with Gasteiger partial charge in [-0.05, 0) is 56.4 Å². The van der Waals surface area contributed by atoms with E-state index in [2.05, 4.69) is 28.7 Å². The van der Waals surface area contributed by atoms with Crippen molar-refractivity contribution < 1.29 is 14.1 Å². The maximum Gasteiger partial charge on any atom is 0.255 e. The smallest absolute Gasteiger partial charge is 0.255 e. The van der Waals surface area contributed by atoms with E-state index in [9.17, 15) is 4.79 Å². The first-order valence-corrected chi connectivity index (χ1v) is 9.65. The van der Waals surface area contributed by atoms with Gasteiger partial charge in [-0.25, -0.2) is 0 Å². The number of aryl methyl sites for hydroxylation is 3. The second kappa shape index (κ2) is 7.89. The number of carbonyl (C=O) groups excluding carboxylic acids is 1. The Kier molecular flexibility index (Phi) is 5.15. The van der Waals surface area contributed by atoms with E-state index in [1.807, 2.05) is 38.1 Å². The molecule has 1 atom stereocenters. The van der Waals surface area contributed by atoms with Crippen molar-refractivity contribution in [3.8, 4) is 5.75 Å². The van der Waals surface area contributed by atoms with Crippen LogP contribution in [0.25, 0.3) is 0 Å². The number of nitrogens with zero attached hydrogens (tertiary/aromatic N) is 1. The standard InChI is InChI=1S/C23H24N2O3/c1-15-20(16(2)28-25-15)14-27-22-13-6-5-11-19(22)23(26)24-21-12-7-9-17-8-3-4-10-18(17)21/h3-6,8,10-11,13,21H,7,9,12,14H2,1-2H3,(H,24,26)/t21-/m1/s1. The van der Waals surface area contributed by atoms with Crippen LogP contribution in [0.4, 0.5) is 0 Å². The number of ether oxygens (including phenoxy) is 1. The fraction of sp³-hybridized carbons (Fsp3) is 0.304. The number of nitrogens with one attached hydrogen (secondary N) is 1. The monoisotopic (exact) mass is 376 g/mol. The molecule has 1 amide bonds. The van der Waals surface area contributed by atoms with Crippen molar-refractivity contribution in [1.29, 1.82) is 0 Å². The second-order valence-corrected chi connectivity index (χ2v) is 7.20. The highest BCUT2D eigenvalue weighted by Crippen LogP contribution is 2.30. The summed E-state index contributed by atoms with van der Waals surface area (Å²) in [6.45, 7) is 4.06. The van der Waals surface area contributed by atoms with Crippen molar-refractivity contribution in [3.05, 3.63) is 82.2 Å². The van der Waals surface area contributed by atoms with Crippen LogP contribution in [0.1, 0.15) is 57.4 Å². The van der Waals surface area contributed by atoms with Crippen LogP contribution in [-0.4, -0.2) is 11.1 Å². The van der Waals surface area contributed by atoms with Crippen molar-refractivity contribution in [2.45, 2.75) is 45.8 Å². The molecule has 1 heterocycles. The lowest BCUT2D eigenvalue weighted by Gasteiger charge is -2.26. The summed E-state index contributed by atoms with van der Waals surface area (Å²) in [5.74, 6) is 1.18. The Labute approximate surface area is 164 Å². The molecule has 0 saturated heterocycles. The second-order valence-electron chi connectivity index (χ2n) is 7.20. The number of hydrogen-bond acceptors (Lipinski definition) is 4. The van der Waals surface area contributed by atoms with Gasteiger partial charge in [0.1, 0.15) is 18.1 Å². The number of amides is 1. The van der Waals surface area contributed by atoms with Crippen LogP contribution in [-0.2, 0) is 13.0 Å². The van der Waals surface area contributed by atoms with Crippen LogP contribution in [0.15, 0.2) is 53.1 Å². The molecule has 4 rings (SSSR count). The average molecular weight is 376 g/mol. The molecule has 0 bridgehead atoms. The highest BCUT2D eigenvalue weighted by Gasteiger charge is 2.23. The highest BCUT2D eigenvalue weighted by atomic mass is 16.5. The molecule has 144 valence electrons. The van der Waals surface area contributed by atoms with Crippen LogP contribution >= 0.6 is 0 Å². The molecule has 5 nitrogen and oxygen atoms in total. The molecule has 0 aliphatic heterocycles. The van der Waals surface area contributed by atoms with Gasteiger partial charge in [0.05, 0.1) is 22.9 Å². The van der Waals surface area contributed by atoms with Gasteiger partial charge in [0, 0.05) is 0 Å². The first-order valence-electron chi connectivity index (χ1n) is 9.65. The summed E-state index contributed by atoms with van der Waals surface area (Å²) in [6.07, 6.45) is 3.09. The van der Waals surface area contributed by atoms with Crippen molar-refractivity contribution in [2.24, 2.45) is 0 Å². The lowest BCUT2D eigenvalue weighted by molar-refractivity contribution is 0.0928. The van der Waals surface area contributed by atoms with Gasteiger partial charge in [0.2, 0.25) is 0 Å². The molecule has 0 unspecified atom stereocenters. The largest absolute Gasteiger partial charge is 0.488 e. The average Bonchev–Trinajstić information content (AvgIpc) is 3.04. The van der Waals surface area contributed by atoms with E-state index in [1.165, 1.54) is 11.1 Å². The quantitative estimate of drug-likeness (QED) is 0.702. The lowest BCUT2D eigenvalue weighted by Crippen LogP contribution is -2.31. The van der Waals surface area contributed by atoms with Crippen LogP contribution in [0.3, 0.4) is 0 Å². The molecule has 28 heavy (non-hydrogen) atoms. The van der Waals surface area contributed by atoms with E-state index in [0.717, 1.165) is 36.3 Å². The predicted octanol–water partition coefficient (Wildman–Crippen LogP) is 4.68. The summed E-state index contributed by atoms with van der Waals surface area (Å²) < 4.78 is 11.1. The Hall–Kier alpha value is -3.08. The van der Waals surface area contributed by atoms with E-state index < -0.39 is 0 Å². The fourth-order valence-corrected chi connectivity index (χ4v) is 3.78. The maximum absolute atomic E-state index is 13.0. The summed E-state index contributed by atoms with van der Waals surface area (Å²) >= 11 is 0. The van der Waals surface area contributed by atoms with E-state index >= 15 is 0 Å². The van der Waals surface area contributed by atoms with Crippen molar-refractivity contribution in [1.82, 2.24) is 10.5 Å². The molecular formula is C23H24N2O3. The summed E-state index contributed by atoms with van der Waals surface area (Å²) in [6, 6.07) is 15.7. The number of rotatable bonds is 5. The minimum atomic E-state index is -0.115. The Morgan fingerprint density at radius 3 is 2.79 bits per heavy atom. The van der Waals surface area contributed by atoms with Gasteiger partial charge in [-0.2, -0.15) is 0 Å². The number of benzene rings is 2. The Morgan fingerprint density at radius 1 is 1.18 bits per heavy atom. The molecule has 1 aliphatic rings. The van der Waals surface area contributed by atoms with Crippen LogP contribution < -0.4 is 10.1 Å². The third-order valence-electron chi connectivity index (χ3n) is 5.36. The van der Waals surface area contributed by atoms with E-state index in [1.54, 1.807) is 6.07 Å². The predicted molar refractivity (Wildman–Crippen MR) is 106 cm³/mol. The van der Waals surface area contributed by atoms with Gasteiger partial charge in [0.25, 0.3) is 5.91 Å². The van der Waals surface area contributed by atoms with Gasteiger partial charge in [-0.1, -0.05) is 41.6 Å². The molecule has 5 heteroatoms. The van der Waals surface area contributed by atoms with Crippen LogP contribution in [0.5, 0.6) is 5.75 Å². The first-order chi connectivity index (χ1) is 13.6. The van der Waals surface area contributed by atoms with E-state index in [4.69, 9.17) is 9.26 Å². The van der Waals surface area contributed by atoms with Crippen molar-refractivity contribution in [2.75, 3.05) is 0 Å². The van der Waals surface area contributed by atoms with E-state index in [0.29, 0.717) is 17.9 Å². The summed E-state index contributed by atoms with van der Waals surface area (Å²) in [4.78, 5) is 13.0. The highest BCUT2D eigenvalue weighted by molar-refractivity contribution is 5.97. The van der Waals surface area contributed by atoms with Crippen LogP contribution in [0.2, 0.25) is 0 Å². The molecule has 1 aromatic heterocycles. The summed E-state index contributed by atoms with van der Waals surface area (Å²) in [5, 5.41) is 7.15. The first kappa shape index (κ1) is 18.3. The summed E-state index contributed by atoms with van der Waals surface area (Å²) in [7, 11) is 0. The molecule has 1 aliphatic carbocycles. The normalized spacial score (nSPS) is 15.7. The number of hydrogen-bond donors (Lipinski definition) is 1. The molecule has 2 aromatic carbocycles. The molecule has 0 spiro atoms. The minimum Gasteiger partial charge on any atom is -0.488 e. The zero-order chi connectivity index (χ0) is 19.5. The molecule has 0 radical (unpaired) electrons. The SMILES string of the molecule is Cc1noc(C)c1COc1ccccc1C(=O)N[C@@H]1CCCc2ccccc21. The summed E-state index contributed by atoms with van der Waals surface area (Å²) in [5.41, 5.74) is 4.80.